The molecule has 1 N–H and O–H groups in total. The minimum atomic E-state index is -0.729. The lowest BCUT2D eigenvalue weighted by atomic mass is 10.1. The second-order valence-electron chi connectivity index (χ2n) is 4.16. The van der Waals surface area contributed by atoms with Gasteiger partial charge in [0, 0.05) is 13.0 Å². The molecule has 1 unspecified atom stereocenters. The molecule has 1 atom stereocenters. The van der Waals surface area contributed by atoms with Crippen LogP contribution in [-0.2, 0) is 13.0 Å². The smallest absolute Gasteiger partial charge is 0.101 e. The molecule has 6 heteroatoms. The van der Waals surface area contributed by atoms with Crippen molar-refractivity contribution in [2.75, 3.05) is 0 Å². The predicted molar refractivity (Wildman–Crippen MR) is 78.0 cm³/mol. The van der Waals surface area contributed by atoms with Crippen LogP contribution in [0, 0.1) is 0 Å². The minimum absolute atomic E-state index is 0.405. The molecule has 0 saturated carbocycles. The van der Waals surface area contributed by atoms with Gasteiger partial charge in [0.25, 0.3) is 0 Å². The number of aromatic nitrogens is 2. The molecule has 3 nitrogen and oxygen atoms in total. The second-order valence-corrected chi connectivity index (χ2v) is 5.38. The first-order valence-electron chi connectivity index (χ1n) is 5.86. The molecule has 2 rings (SSSR count). The molecular weight excluding hydrogens is 307 g/mol. The molecule has 0 aliphatic carbocycles. The Kier molecular flexibility index (Phi) is 4.74. The van der Waals surface area contributed by atoms with E-state index in [0.29, 0.717) is 33.7 Å². The van der Waals surface area contributed by atoms with Gasteiger partial charge in [0.1, 0.15) is 6.10 Å². The van der Waals surface area contributed by atoms with E-state index in [0.717, 1.165) is 5.56 Å². The number of hydrogen-bond donors (Lipinski definition) is 1. The maximum absolute atomic E-state index is 10.3. The van der Waals surface area contributed by atoms with Crippen LogP contribution in [0.15, 0.2) is 24.4 Å². The van der Waals surface area contributed by atoms with Gasteiger partial charge in [0.05, 0.1) is 27.0 Å². The summed E-state index contributed by atoms with van der Waals surface area (Å²) in [6, 6.07) is 5.29. The van der Waals surface area contributed by atoms with E-state index in [-0.39, 0.29) is 0 Å². The normalized spacial score (nSPS) is 12.7. The van der Waals surface area contributed by atoms with Crippen molar-refractivity contribution in [3.05, 3.63) is 50.7 Å². The van der Waals surface area contributed by atoms with Gasteiger partial charge >= 0.3 is 0 Å². The summed E-state index contributed by atoms with van der Waals surface area (Å²) in [7, 11) is 0. The lowest BCUT2D eigenvalue weighted by Gasteiger charge is -2.13. The van der Waals surface area contributed by atoms with E-state index in [1.807, 2.05) is 13.0 Å². The van der Waals surface area contributed by atoms with Gasteiger partial charge in [0.2, 0.25) is 0 Å². The van der Waals surface area contributed by atoms with Crippen LogP contribution >= 0.6 is 34.8 Å². The van der Waals surface area contributed by atoms with Crippen LogP contribution in [0.5, 0.6) is 0 Å². The first-order valence-corrected chi connectivity index (χ1v) is 6.99. The fraction of sp³-hybridized carbons (Fsp3) is 0.308. The van der Waals surface area contributed by atoms with E-state index in [4.69, 9.17) is 34.8 Å². The lowest BCUT2D eigenvalue weighted by molar-refractivity contribution is 0.167. The first kappa shape index (κ1) is 14.7. The number of rotatable bonds is 4. The van der Waals surface area contributed by atoms with Crippen molar-refractivity contribution in [2.45, 2.75) is 26.0 Å². The van der Waals surface area contributed by atoms with Crippen molar-refractivity contribution in [1.82, 2.24) is 9.78 Å². The van der Waals surface area contributed by atoms with Crippen LogP contribution < -0.4 is 0 Å². The maximum atomic E-state index is 10.3. The SMILES string of the molecule is CCn1ncc(Cl)c1C(O)Cc1ccc(Cl)c(Cl)c1. The minimum Gasteiger partial charge on any atom is -0.386 e. The Morgan fingerprint density at radius 1 is 1.21 bits per heavy atom. The first-order chi connectivity index (χ1) is 9.02. The van der Waals surface area contributed by atoms with E-state index in [1.54, 1.807) is 23.0 Å². The van der Waals surface area contributed by atoms with Crippen LogP contribution in [-0.4, -0.2) is 14.9 Å². The molecule has 19 heavy (non-hydrogen) atoms. The highest BCUT2D eigenvalue weighted by Crippen LogP contribution is 2.28. The molecule has 0 saturated heterocycles. The number of halogens is 3. The van der Waals surface area contributed by atoms with Crippen molar-refractivity contribution >= 4 is 34.8 Å². The second kappa shape index (κ2) is 6.14. The third kappa shape index (κ3) is 3.23. The number of aliphatic hydroxyl groups is 1. The van der Waals surface area contributed by atoms with E-state index < -0.39 is 6.10 Å². The Bertz CT molecular complexity index is 583. The molecule has 0 aliphatic rings. The molecular formula is C13H13Cl3N2O. The fourth-order valence-electron chi connectivity index (χ4n) is 1.94. The lowest BCUT2D eigenvalue weighted by Crippen LogP contribution is -2.10. The maximum Gasteiger partial charge on any atom is 0.101 e. The van der Waals surface area contributed by atoms with Crippen LogP contribution in [0.1, 0.15) is 24.3 Å². The average molecular weight is 320 g/mol. The van der Waals surface area contributed by atoms with Gasteiger partial charge in [-0.15, -0.1) is 0 Å². The zero-order valence-electron chi connectivity index (χ0n) is 10.3. The number of aliphatic hydroxyl groups excluding tert-OH is 1. The van der Waals surface area contributed by atoms with Crippen molar-refractivity contribution in [3.63, 3.8) is 0 Å². The van der Waals surface area contributed by atoms with Crippen LogP contribution in [0.2, 0.25) is 15.1 Å². The highest BCUT2D eigenvalue weighted by Gasteiger charge is 2.18. The summed E-state index contributed by atoms with van der Waals surface area (Å²) in [5.74, 6) is 0. The Balaban J connectivity index is 2.22. The van der Waals surface area contributed by atoms with Crippen molar-refractivity contribution in [3.8, 4) is 0 Å². The molecule has 0 aliphatic heterocycles. The van der Waals surface area contributed by atoms with Crippen LogP contribution in [0.25, 0.3) is 0 Å². The molecule has 1 aromatic heterocycles. The summed E-state index contributed by atoms with van der Waals surface area (Å²) < 4.78 is 1.69. The third-order valence-corrected chi connectivity index (χ3v) is 3.89. The summed E-state index contributed by atoms with van der Waals surface area (Å²) in [4.78, 5) is 0. The van der Waals surface area contributed by atoms with Gasteiger partial charge in [-0.1, -0.05) is 40.9 Å². The topological polar surface area (TPSA) is 38.0 Å². The zero-order valence-corrected chi connectivity index (χ0v) is 12.5. The number of nitrogens with zero attached hydrogens (tertiary/aromatic N) is 2. The number of benzene rings is 1. The van der Waals surface area contributed by atoms with Gasteiger partial charge < -0.3 is 5.11 Å². The van der Waals surface area contributed by atoms with E-state index in [2.05, 4.69) is 5.10 Å². The third-order valence-electron chi connectivity index (χ3n) is 2.86. The van der Waals surface area contributed by atoms with Crippen molar-refractivity contribution < 1.29 is 5.11 Å². The largest absolute Gasteiger partial charge is 0.386 e. The van der Waals surface area contributed by atoms with Crippen molar-refractivity contribution in [1.29, 1.82) is 0 Å². The fourth-order valence-corrected chi connectivity index (χ4v) is 2.53. The monoisotopic (exact) mass is 318 g/mol. The highest BCUT2D eigenvalue weighted by atomic mass is 35.5. The molecule has 102 valence electrons. The summed E-state index contributed by atoms with van der Waals surface area (Å²) in [6.07, 6.45) is 1.22. The molecule has 0 bridgehead atoms. The van der Waals surface area contributed by atoms with Gasteiger partial charge in [-0.3, -0.25) is 4.68 Å². The molecule has 0 amide bonds. The van der Waals surface area contributed by atoms with Crippen LogP contribution in [0.3, 0.4) is 0 Å². The Morgan fingerprint density at radius 2 is 1.95 bits per heavy atom. The Hall–Kier alpha value is -0.740. The predicted octanol–water partition coefficient (Wildman–Crippen LogP) is 4.14. The van der Waals surface area contributed by atoms with E-state index in [9.17, 15) is 5.11 Å². The molecule has 2 aromatic rings. The Labute approximate surface area is 126 Å². The molecule has 0 radical (unpaired) electrons. The average Bonchev–Trinajstić information content (AvgIpc) is 2.75. The number of aryl methyl sites for hydroxylation is 1. The van der Waals surface area contributed by atoms with Crippen LogP contribution in [0.4, 0.5) is 0 Å². The van der Waals surface area contributed by atoms with E-state index in [1.165, 1.54) is 0 Å². The zero-order chi connectivity index (χ0) is 14.0. The number of hydrogen-bond acceptors (Lipinski definition) is 2. The summed E-state index contributed by atoms with van der Waals surface area (Å²) in [5, 5.41) is 15.8. The molecule has 1 aromatic carbocycles. The van der Waals surface area contributed by atoms with Gasteiger partial charge in [-0.05, 0) is 24.6 Å². The Morgan fingerprint density at radius 3 is 2.58 bits per heavy atom. The molecule has 0 spiro atoms. The highest BCUT2D eigenvalue weighted by molar-refractivity contribution is 6.42. The van der Waals surface area contributed by atoms with Crippen molar-refractivity contribution in [2.24, 2.45) is 0 Å². The van der Waals surface area contributed by atoms with Gasteiger partial charge in [-0.2, -0.15) is 5.10 Å². The molecule has 0 fully saturated rings. The standard InChI is InChI=1S/C13H13Cl3N2O/c1-2-18-13(11(16)7-17-18)12(19)6-8-3-4-9(14)10(15)5-8/h3-5,7,12,19H,2,6H2,1H3. The van der Waals surface area contributed by atoms with E-state index >= 15 is 0 Å². The quantitative estimate of drug-likeness (QED) is 0.919. The summed E-state index contributed by atoms with van der Waals surface area (Å²) in [6.45, 7) is 2.60. The summed E-state index contributed by atoms with van der Waals surface area (Å²) >= 11 is 17.9. The molecule has 1 heterocycles. The summed E-state index contributed by atoms with van der Waals surface area (Å²) in [5.41, 5.74) is 1.51. The van der Waals surface area contributed by atoms with Gasteiger partial charge in [-0.25, -0.2) is 0 Å². The van der Waals surface area contributed by atoms with Gasteiger partial charge in [0.15, 0.2) is 0 Å².